The molecule has 23 heavy (non-hydrogen) atoms. The highest BCUT2D eigenvalue weighted by Crippen LogP contribution is 2.33. The molecule has 6 nitrogen and oxygen atoms in total. The number of nitrogens with zero attached hydrogens (tertiary/aromatic N) is 2. The number of carbonyl (C=O) groups excluding carboxylic acids is 2. The van der Waals surface area contributed by atoms with Gasteiger partial charge in [0.1, 0.15) is 0 Å². The van der Waals surface area contributed by atoms with E-state index in [9.17, 15) is 9.59 Å². The van der Waals surface area contributed by atoms with E-state index < -0.39 is 0 Å². The van der Waals surface area contributed by atoms with Crippen LogP contribution in [0.25, 0.3) is 0 Å². The zero-order valence-electron chi connectivity index (χ0n) is 12.7. The lowest BCUT2D eigenvalue weighted by atomic mass is 9.91. The van der Waals surface area contributed by atoms with E-state index in [1.165, 1.54) is 11.3 Å². The number of amides is 1. The number of fused-ring (bicyclic) bond motifs is 1. The van der Waals surface area contributed by atoms with Crippen molar-refractivity contribution in [2.24, 2.45) is 5.92 Å². The second kappa shape index (κ2) is 6.87. The average Bonchev–Trinajstić information content (AvgIpc) is 2.97. The van der Waals surface area contributed by atoms with Crippen LogP contribution in [0.1, 0.15) is 34.3 Å². The molecule has 0 aromatic carbocycles. The monoisotopic (exact) mass is 331 g/mol. The number of thiazole rings is 1. The van der Waals surface area contributed by atoms with Gasteiger partial charge < -0.3 is 4.74 Å². The molecule has 1 N–H and O–H groups in total. The molecule has 120 valence electrons. The fourth-order valence-electron chi connectivity index (χ4n) is 2.56. The van der Waals surface area contributed by atoms with Crippen LogP contribution in [0.2, 0.25) is 0 Å². The third-order valence-corrected chi connectivity index (χ3v) is 4.76. The molecule has 1 atom stereocenters. The van der Waals surface area contributed by atoms with Crippen LogP contribution in [0.5, 0.6) is 0 Å². The number of hydrogen-bond donors (Lipinski definition) is 1. The van der Waals surface area contributed by atoms with Gasteiger partial charge in [0.25, 0.3) is 5.91 Å². The van der Waals surface area contributed by atoms with Crippen molar-refractivity contribution in [2.45, 2.75) is 26.2 Å². The molecule has 0 saturated carbocycles. The van der Waals surface area contributed by atoms with E-state index >= 15 is 0 Å². The molecule has 2 aromatic heterocycles. The molecule has 1 unspecified atom stereocenters. The van der Waals surface area contributed by atoms with E-state index in [1.807, 2.05) is 6.92 Å². The third-order valence-electron chi connectivity index (χ3n) is 3.72. The summed E-state index contributed by atoms with van der Waals surface area (Å²) >= 11 is 1.43. The number of rotatable bonds is 4. The van der Waals surface area contributed by atoms with E-state index in [0.29, 0.717) is 23.7 Å². The Morgan fingerprint density at radius 3 is 2.91 bits per heavy atom. The van der Waals surface area contributed by atoms with Crippen LogP contribution >= 0.6 is 11.3 Å². The number of pyridine rings is 1. The number of nitrogens with one attached hydrogen (secondary N) is 1. The van der Waals surface area contributed by atoms with Crippen LogP contribution < -0.4 is 5.32 Å². The molecule has 0 radical (unpaired) electrons. The first kappa shape index (κ1) is 15.6. The first-order chi connectivity index (χ1) is 11.2. The van der Waals surface area contributed by atoms with Crippen molar-refractivity contribution in [1.29, 1.82) is 0 Å². The minimum Gasteiger partial charge on any atom is -0.466 e. The standard InChI is InChI=1S/C16H17N3O3S/c1-2-22-15(21)11-3-4-12-13(9-11)23-16(18-12)19-14(20)10-5-7-17-8-6-10/h5-8,11H,2-4,9H2,1H3,(H,18,19,20). The van der Waals surface area contributed by atoms with Gasteiger partial charge in [0.2, 0.25) is 0 Å². The van der Waals surface area contributed by atoms with Gasteiger partial charge in [-0.15, -0.1) is 11.3 Å². The maximum absolute atomic E-state index is 12.1. The molecule has 0 spiro atoms. The molecule has 1 amide bonds. The second-order valence-electron chi connectivity index (χ2n) is 5.27. The maximum atomic E-state index is 12.1. The summed E-state index contributed by atoms with van der Waals surface area (Å²) in [6, 6.07) is 3.30. The molecular weight excluding hydrogens is 314 g/mol. The van der Waals surface area contributed by atoms with Crippen molar-refractivity contribution in [1.82, 2.24) is 9.97 Å². The fourth-order valence-corrected chi connectivity index (χ4v) is 3.65. The number of carbonyl (C=O) groups is 2. The first-order valence-electron chi connectivity index (χ1n) is 7.54. The Bertz CT molecular complexity index is 715. The maximum Gasteiger partial charge on any atom is 0.309 e. The van der Waals surface area contributed by atoms with Crippen molar-refractivity contribution in [3.05, 3.63) is 40.7 Å². The summed E-state index contributed by atoms with van der Waals surface area (Å²) in [4.78, 5) is 33.4. The Balaban J connectivity index is 1.69. The van der Waals surface area contributed by atoms with Gasteiger partial charge >= 0.3 is 5.97 Å². The van der Waals surface area contributed by atoms with Gasteiger partial charge in [0.15, 0.2) is 5.13 Å². The minimum atomic E-state index is -0.208. The summed E-state index contributed by atoms with van der Waals surface area (Å²) in [5.74, 6) is -0.457. The molecule has 0 aliphatic heterocycles. The van der Waals surface area contributed by atoms with Crippen LogP contribution in [-0.4, -0.2) is 28.5 Å². The van der Waals surface area contributed by atoms with Gasteiger partial charge in [0, 0.05) is 22.8 Å². The van der Waals surface area contributed by atoms with Crippen LogP contribution in [0.15, 0.2) is 24.5 Å². The van der Waals surface area contributed by atoms with E-state index in [2.05, 4.69) is 15.3 Å². The molecular formula is C16H17N3O3S. The average molecular weight is 331 g/mol. The lowest BCUT2D eigenvalue weighted by Crippen LogP contribution is -2.24. The highest BCUT2D eigenvalue weighted by Gasteiger charge is 2.28. The highest BCUT2D eigenvalue weighted by atomic mass is 32.1. The van der Waals surface area contributed by atoms with E-state index in [1.54, 1.807) is 24.5 Å². The molecule has 2 heterocycles. The van der Waals surface area contributed by atoms with Crippen LogP contribution in [-0.2, 0) is 22.4 Å². The summed E-state index contributed by atoms with van der Waals surface area (Å²) in [6.07, 6.45) is 5.27. The normalized spacial score (nSPS) is 16.5. The molecule has 7 heteroatoms. The Labute approximate surface area is 137 Å². The zero-order valence-corrected chi connectivity index (χ0v) is 13.6. The van der Waals surface area contributed by atoms with Crippen LogP contribution in [0, 0.1) is 5.92 Å². The van der Waals surface area contributed by atoms with Crippen LogP contribution in [0.3, 0.4) is 0 Å². The van der Waals surface area contributed by atoms with E-state index in [4.69, 9.17) is 4.74 Å². The van der Waals surface area contributed by atoms with Gasteiger partial charge in [-0.1, -0.05) is 0 Å². The summed E-state index contributed by atoms with van der Waals surface area (Å²) in [6.45, 7) is 2.21. The number of anilines is 1. The Hall–Kier alpha value is -2.28. The molecule has 1 aliphatic carbocycles. The van der Waals surface area contributed by atoms with Gasteiger partial charge in [-0.25, -0.2) is 4.98 Å². The van der Waals surface area contributed by atoms with Gasteiger partial charge in [-0.05, 0) is 38.3 Å². The predicted molar refractivity (Wildman–Crippen MR) is 86.5 cm³/mol. The summed E-state index contributed by atoms with van der Waals surface area (Å²) in [7, 11) is 0. The molecule has 0 bridgehead atoms. The predicted octanol–water partition coefficient (Wildman–Crippen LogP) is 2.46. The van der Waals surface area contributed by atoms with E-state index in [0.717, 1.165) is 23.4 Å². The quantitative estimate of drug-likeness (QED) is 0.870. The topological polar surface area (TPSA) is 81.2 Å². The first-order valence-corrected chi connectivity index (χ1v) is 8.35. The largest absolute Gasteiger partial charge is 0.466 e. The van der Waals surface area contributed by atoms with E-state index in [-0.39, 0.29) is 17.8 Å². The number of ether oxygens (including phenoxy) is 1. The lowest BCUT2D eigenvalue weighted by Gasteiger charge is -2.18. The molecule has 3 rings (SSSR count). The highest BCUT2D eigenvalue weighted by molar-refractivity contribution is 7.15. The molecule has 0 fully saturated rings. The summed E-state index contributed by atoms with van der Waals surface area (Å²) in [5.41, 5.74) is 1.51. The smallest absolute Gasteiger partial charge is 0.309 e. The second-order valence-corrected chi connectivity index (χ2v) is 6.35. The summed E-state index contributed by atoms with van der Waals surface area (Å²) in [5, 5.41) is 3.38. The Morgan fingerprint density at radius 2 is 2.17 bits per heavy atom. The van der Waals surface area contributed by atoms with Crippen molar-refractivity contribution in [3.63, 3.8) is 0 Å². The van der Waals surface area contributed by atoms with Crippen LogP contribution in [0.4, 0.5) is 5.13 Å². The minimum absolute atomic E-state index is 0.105. The molecule has 1 aliphatic rings. The third kappa shape index (κ3) is 3.56. The summed E-state index contributed by atoms with van der Waals surface area (Å²) < 4.78 is 5.10. The Kier molecular flexibility index (Phi) is 4.66. The zero-order chi connectivity index (χ0) is 16.2. The number of hydrogen-bond acceptors (Lipinski definition) is 6. The molecule has 0 saturated heterocycles. The Morgan fingerprint density at radius 1 is 1.39 bits per heavy atom. The van der Waals surface area contributed by atoms with Crippen molar-refractivity contribution >= 4 is 28.3 Å². The van der Waals surface area contributed by atoms with Gasteiger partial charge in [-0.2, -0.15) is 0 Å². The lowest BCUT2D eigenvalue weighted by molar-refractivity contribution is -0.148. The number of aryl methyl sites for hydroxylation is 1. The van der Waals surface area contributed by atoms with Gasteiger partial charge in [0.05, 0.1) is 18.2 Å². The van der Waals surface area contributed by atoms with Crippen molar-refractivity contribution < 1.29 is 14.3 Å². The number of aromatic nitrogens is 2. The van der Waals surface area contributed by atoms with Gasteiger partial charge in [-0.3, -0.25) is 19.9 Å². The molecule has 2 aromatic rings. The van der Waals surface area contributed by atoms with Crippen molar-refractivity contribution in [3.8, 4) is 0 Å². The number of esters is 1. The van der Waals surface area contributed by atoms with Crippen molar-refractivity contribution in [2.75, 3.05) is 11.9 Å². The SMILES string of the molecule is CCOC(=O)C1CCc2nc(NC(=O)c3ccncc3)sc2C1. The fraction of sp³-hybridized carbons (Fsp3) is 0.375.